The van der Waals surface area contributed by atoms with Gasteiger partial charge in [0.15, 0.2) is 0 Å². The van der Waals surface area contributed by atoms with E-state index in [1.165, 1.54) is 18.2 Å². The van der Waals surface area contributed by atoms with Crippen LogP contribution in [0.1, 0.15) is 18.6 Å². The molecular weight excluding hydrogens is 456 g/mol. The molecule has 0 saturated carbocycles. The topological polar surface area (TPSA) is 117 Å². The van der Waals surface area contributed by atoms with Crippen molar-refractivity contribution in [3.63, 3.8) is 0 Å². The smallest absolute Gasteiger partial charge is 0.229 e. The third-order valence-corrected chi connectivity index (χ3v) is 5.53. The Bertz CT molecular complexity index is 1170. The molecule has 3 aromatic rings. The van der Waals surface area contributed by atoms with E-state index in [0.717, 1.165) is 28.9 Å². The molecule has 8 nitrogen and oxygen atoms in total. The lowest BCUT2D eigenvalue weighted by Crippen LogP contribution is -2.26. The standard InChI is InChI=1S/C25H30N2O6S/c1-3-32-21-9-4-18(5-10-21)19-6-11-22(12-7-19)33-15-14-26-17-25(29)20-8-13-24(28)23(16-20)27-34(2,30)31/h4-13,16,25-29H,3,14-15,17H2,1-2H3/t25-/m0/s1. The number of benzene rings is 3. The molecule has 0 bridgehead atoms. The Balaban J connectivity index is 1.44. The van der Waals surface area contributed by atoms with E-state index in [-0.39, 0.29) is 18.0 Å². The summed E-state index contributed by atoms with van der Waals surface area (Å²) in [5.41, 5.74) is 2.67. The number of sulfonamides is 1. The van der Waals surface area contributed by atoms with Crippen molar-refractivity contribution in [2.75, 3.05) is 37.3 Å². The molecule has 1 atom stereocenters. The first-order chi connectivity index (χ1) is 16.2. The summed E-state index contributed by atoms with van der Waals surface area (Å²) >= 11 is 0. The molecule has 3 aromatic carbocycles. The Labute approximate surface area is 200 Å². The summed E-state index contributed by atoms with van der Waals surface area (Å²) < 4.78 is 36.3. The fraction of sp³-hybridized carbons (Fsp3) is 0.280. The zero-order valence-electron chi connectivity index (χ0n) is 19.2. The summed E-state index contributed by atoms with van der Waals surface area (Å²) in [6.07, 6.45) is 0.110. The van der Waals surface area contributed by atoms with Gasteiger partial charge in [-0.1, -0.05) is 30.3 Å². The van der Waals surface area contributed by atoms with Crippen LogP contribution < -0.4 is 19.5 Å². The van der Waals surface area contributed by atoms with Crippen LogP contribution in [0, 0.1) is 0 Å². The van der Waals surface area contributed by atoms with Crippen LogP contribution >= 0.6 is 0 Å². The fourth-order valence-corrected chi connectivity index (χ4v) is 3.86. The van der Waals surface area contributed by atoms with E-state index in [2.05, 4.69) is 10.0 Å². The second kappa shape index (κ2) is 11.7. The summed E-state index contributed by atoms with van der Waals surface area (Å²) in [4.78, 5) is 0. The number of aliphatic hydroxyl groups excluding tert-OH is 1. The van der Waals surface area contributed by atoms with Gasteiger partial charge in [-0.15, -0.1) is 0 Å². The number of aromatic hydroxyl groups is 1. The second-order valence-corrected chi connectivity index (χ2v) is 9.45. The maximum Gasteiger partial charge on any atom is 0.229 e. The average molecular weight is 487 g/mol. The number of anilines is 1. The molecule has 34 heavy (non-hydrogen) atoms. The minimum absolute atomic E-state index is 0.0241. The van der Waals surface area contributed by atoms with E-state index >= 15 is 0 Å². The number of phenols is 1. The van der Waals surface area contributed by atoms with Gasteiger partial charge in [0.25, 0.3) is 0 Å². The van der Waals surface area contributed by atoms with Crippen LogP contribution in [-0.2, 0) is 10.0 Å². The van der Waals surface area contributed by atoms with Crippen LogP contribution in [-0.4, -0.2) is 51.2 Å². The van der Waals surface area contributed by atoms with Gasteiger partial charge in [-0.2, -0.15) is 0 Å². The number of rotatable bonds is 12. The van der Waals surface area contributed by atoms with Crippen LogP contribution in [0.3, 0.4) is 0 Å². The third-order valence-electron chi connectivity index (χ3n) is 4.94. The molecule has 0 aromatic heterocycles. The van der Waals surface area contributed by atoms with Gasteiger partial charge < -0.3 is 25.0 Å². The molecule has 0 unspecified atom stereocenters. The largest absolute Gasteiger partial charge is 0.506 e. The monoisotopic (exact) mass is 486 g/mol. The highest BCUT2D eigenvalue weighted by Gasteiger charge is 2.13. The molecule has 182 valence electrons. The van der Waals surface area contributed by atoms with Gasteiger partial charge in [-0.25, -0.2) is 8.42 Å². The van der Waals surface area contributed by atoms with Crippen molar-refractivity contribution in [3.05, 3.63) is 72.3 Å². The van der Waals surface area contributed by atoms with Crippen LogP contribution in [0.4, 0.5) is 5.69 Å². The summed E-state index contributed by atoms with van der Waals surface area (Å²) in [6, 6.07) is 20.0. The lowest BCUT2D eigenvalue weighted by atomic mass is 10.1. The Morgan fingerprint density at radius 3 is 2.06 bits per heavy atom. The number of hydrogen-bond donors (Lipinski definition) is 4. The SMILES string of the molecule is CCOc1ccc(-c2ccc(OCCNC[C@H](O)c3ccc(O)c(NS(C)(=O)=O)c3)cc2)cc1. The summed E-state index contributed by atoms with van der Waals surface area (Å²) in [5.74, 6) is 1.38. The van der Waals surface area contributed by atoms with Gasteiger partial charge in [-0.3, -0.25) is 4.72 Å². The highest BCUT2D eigenvalue weighted by Crippen LogP contribution is 2.28. The Kier molecular flexibility index (Phi) is 8.75. The molecule has 0 aliphatic rings. The average Bonchev–Trinajstić information content (AvgIpc) is 2.80. The van der Waals surface area contributed by atoms with Gasteiger partial charge >= 0.3 is 0 Å². The lowest BCUT2D eigenvalue weighted by molar-refractivity contribution is 0.172. The molecule has 0 radical (unpaired) electrons. The highest BCUT2D eigenvalue weighted by molar-refractivity contribution is 7.92. The fourth-order valence-electron chi connectivity index (χ4n) is 3.29. The summed E-state index contributed by atoms with van der Waals surface area (Å²) in [6.45, 7) is 3.75. The van der Waals surface area contributed by atoms with E-state index < -0.39 is 16.1 Å². The first kappa shape index (κ1) is 25.4. The second-order valence-electron chi connectivity index (χ2n) is 7.70. The van der Waals surface area contributed by atoms with Crippen LogP contribution in [0.5, 0.6) is 17.2 Å². The van der Waals surface area contributed by atoms with Crippen molar-refractivity contribution in [2.24, 2.45) is 0 Å². The Morgan fingerprint density at radius 2 is 1.50 bits per heavy atom. The van der Waals surface area contributed by atoms with Crippen molar-refractivity contribution in [3.8, 4) is 28.4 Å². The first-order valence-electron chi connectivity index (χ1n) is 10.9. The summed E-state index contributed by atoms with van der Waals surface area (Å²) in [5, 5.41) is 23.3. The van der Waals surface area contributed by atoms with Crippen LogP contribution in [0.25, 0.3) is 11.1 Å². The molecule has 0 amide bonds. The van der Waals surface area contributed by atoms with E-state index in [9.17, 15) is 18.6 Å². The van der Waals surface area contributed by atoms with E-state index in [4.69, 9.17) is 9.47 Å². The maximum atomic E-state index is 11.4. The molecule has 0 aliphatic heterocycles. The highest BCUT2D eigenvalue weighted by atomic mass is 32.2. The minimum atomic E-state index is -3.54. The van der Waals surface area contributed by atoms with Gasteiger partial charge in [0, 0.05) is 13.1 Å². The minimum Gasteiger partial charge on any atom is -0.506 e. The number of nitrogens with one attached hydrogen (secondary N) is 2. The van der Waals surface area contributed by atoms with E-state index in [1.807, 2.05) is 55.5 Å². The quantitative estimate of drug-likeness (QED) is 0.229. The normalized spacial score (nSPS) is 12.2. The van der Waals surface area contributed by atoms with Gasteiger partial charge in [0.2, 0.25) is 10.0 Å². The van der Waals surface area contributed by atoms with Crippen molar-refractivity contribution in [2.45, 2.75) is 13.0 Å². The van der Waals surface area contributed by atoms with E-state index in [0.29, 0.717) is 25.3 Å². The zero-order valence-corrected chi connectivity index (χ0v) is 20.0. The predicted octanol–water partition coefficient (Wildman–Crippen LogP) is 3.53. The number of aliphatic hydroxyl groups is 1. The molecular formula is C25H30N2O6S. The number of ether oxygens (including phenoxy) is 2. The van der Waals surface area contributed by atoms with E-state index in [1.54, 1.807) is 0 Å². The molecule has 9 heteroatoms. The molecule has 0 saturated heterocycles. The first-order valence-corrected chi connectivity index (χ1v) is 12.8. The van der Waals surface area contributed by atoms with Gasteiger partial charge in [0.1, 0.15) is 23.9 Å². The Hall–Kier alpha value is -3.27. The van der Waals surface area contributed by atoms with Gasteiger partial charge in [-0.05, 0) is 60.0 Å². The molecule has 0 fully saturated rings. The van der Waals surface area contributed by atoms with Crippen LogP contribution in [0.15, 0.2) is 66.7 Å². The molecule has 0 heterocycles. The Morgan fingerprint density at radius 1 is 0.912 bits per heavy atom. The van der Waals surface area contributed by atoms with Crippen molar-refractivity contribution >= 4 is 15.7 Å². The molecule has 3 rings (SSSR count). The van der Waals surface area contributed by atoms with Crippen molar-refractivity contribution < 1.29 is 28.1 Å². The predicted molar refractivity (Wildman–Crippen MR) is 133 cm³/mol. The lowest BCUT2D eigenvalue weighted by Gasteiger charge is -2.15. The molecule has 0 aliphatic carbocycles. The van der Waals surface area contributed by atoms with Crippen molar-refractivity contribution in [1.29, 1.82) is 0 Å². The zero-order chi connectivity index (χ0) is 24.6. The molecule has 0 spiro atoms. The van der Waals surface area contributed by atoms with Crippen LogP contribution in [0.2, 0.25) is 0 Å². The third kappa shape index (κ3) is 7.65. The molecule has 4 N–H and O–H groups in total. The van der Waals surface area contributed by atoms with Crippen molar-refractivity contribution in [1.82, 2.24) is 5.32 Å². The number of phenolic OH excluding ortho intramolecular Hbond substituents is 1. The van der Waals surface area contributed by atoms with Gasteiger partial charge in [0.05, 0.1) is 24.7 Å². The maximum absolute atomic E-state index is 11.4. The summed E-state index contributed by atoms with van der Waals surface area (Å²) in [7, 11) is -3.54. The number of hydrogen-bond acceptors (Lipinski definition) is 7.